The average Bonchev–Trinajstić information content (AvgIpc) is 2.55. The summed E-state index contributed by atoms with van der Waals surface area (Å²) in [7, 11) is 0. The molecule has 0 saturated heterocycles. The van der Waals surface area contributed by atoms with Crippen molar-refractivity contribution in [3.63, 3.8) is 0 Å². The average molecular weight is 302 g/mol. The third-order valence-corrected chi connectivity index (χ3v) is 3.11. The number of carboxylic acid groups (broad SMARTS) is 1. The van der Waals surface area contributed by atoms with E-state index in [4.69, 9.17) is 16.7 Å². The molecular weight excluding hydrogens is 293 g/mol. The first kappa shape index (κ1) is 14.4. The number of benzene rings is 1. The van der Waals surface area contributed by atoms with E-state index in [2.05, 4.69) is 0 Å². The fraction of sp³-hybridized carbons (Fsp3) is 0.250. The minimum atomic E-state index is -1.37. The minimum Gasteiger partial charge on any atom is -0.481 e. The van der Waals surface area contributed by atoms with Gasteiger partial charge in [-0.2, -0.15) is 0 Å². The number of fused-ring (bicyclic) bond motifs is 1. The van der Waals surface area contributed by atoms with Gasteiger partial charge in [0.2, 0.25) is 0 Å². The topological polar surface area (TPSA) is 94.9 Å². The molecule has 106 valence electrons. The number of β-amino-alcohol motifs (C(OH)–C–C–N with tert-alkyl or cyclic N) is 1. The Labute approximate surface area is 117 Å². The van der Waals surface area contributed by atoms with Crippen LogP contribution in [0.4, 0.5) is 10.1 Å². The number of aliphatic hydroxyl groups is 1. The molecule has 0 saturated carbocycles. The lowest BCUT2D eigenvalue weighted by atomic mass is 10.1. The molecule has 0 aromatic heterocycles. The highest BCUT2D eigenvalue weighted by Gasteiger charge is 2.37. The van der Waals surface area contributed by atoms with Crippen molar-refractivity contribution in [3.8, 4) is 0 Å². The summed E-state index contributed by atoms with van der Waals surface area (Å²) in [5.41, 5.74) is -0.0877. The first-order valence-corrected chi connectivity index (χ1v) is 5.94. The largest absolute Gasteiger partial charge is 0.481 e. The van der Waals surface area contributed by atoms with Crippen molar-refractivity contribution in [2.24, 2.45) is 0 Å². The van der Waals surface area contributed by atoms with Gasteiger partial charge in [-0.05, 0) is 12.1 Å². The van der Waals surface area contributed by atoms with Gasteiger partial charge < -0.3 is 15.1 Å². The second kappa shape index (κ2) is 5.18. The molecule has 0 bridgehead atoms. The van der Waals surface area contributed by atoms with E-state index >= 15 is 0 Å². The van der Waals surface area contributed by atoms with Crippen LogP contribution in [0.15, 0.2) is 12.1 Å². The molecule has 1 amide bonds. The van der Waals surface area contributed by atoms with Crippen LogP contribution in [0.1, 0.15) is 16.8 Å². The molecule has 0 radical (unpaired) electrons. The normalized spacial score (nSPS) is 15.4. The van der Waals surface area contributed by atoms with Crippen molar-refractivity contribution >= 4 is 34.9 Å². The van der Waals surface area contributed by atoms with Crippen LogP contribution in [0.3, 0.4) is 0 Å². The van der Waals surface area contributed by atoms with Crippen LogP contribution in [0.5, 0.6) is 0 Å². The zero-order valence-corrected chi connectivity index (χ0v) is 10.7. The molecule has 20 heavy (non-hydrogen) atoms. The molecule has 0 fully saturated rings. The van der Waals surface area contributed by atoms with E-state index < -0.39 is 42.5 Å². The van der Waals surface area contributed by atoms with E-state index in [-0.39, 0.29) is 16.3 Å². The summed E-state index contributed by atoms with van der Waals surface area (Å²) in [5, 5.41) is 17.8. The van der Waals surface area contributed by atoms with Crippen molar-refractivity contribution in [2.45, 2.75) is 12.5 Å². The number of Topliss-reactive ketones (excluding diaryl/α,β-unsaturated/α-hetero) is 1. The van der Waals surface area contributed by atoms with Crippen LogP contribution in [0.2, 0.25) is 5.02 Å². The number of aliphatic carboxylic acids is 1. The van der Waals surface area contributed by atoms with Crippen LogP contribution < -0.4 is 4.90 Å². The number of hydrogen-bond donors (Lipinski definition) is 2. The van der Waals surface area contributed by atoms with Crippen LogP contribution in [-0.2, 0) is 9.59 Å². The lowest BCUT2D eigenvalue weighted by molar-refractivity contribution is -0.139. The number of nitrogens with zero attached hydrogens (tertiary/aromatic N) is 1. The highest BCUT2D eigenvalue weighted by Crippen LogP contribution is 2.33. The minimum absolute atomic E-state index is 0.0219. The lowest BCUT2D eigenvalue weighted by Gasteiger charge is -2.19. The fourth-order valence-corrected chi connectivity index (χ4v) is 2.11. The summed E-state index contributed by atoms with van der Waals surface area (Å²) in [6, 6.07) is 1.95. The maximum absolute atomic E-state index is 13.4. The SMILES string of the molecule is O=C(O)CC(O)CN1C(=O)C(=O)c2cc(Cl)c(F)cc21. The third-order valence-electron chi connectivity index (χ3n) is 2.82. The molecule has 0 aliphatic carbocycles. The summed E-state index contributed by atoms with van der Waals surface area (Å²) in [6.45, 7) is -0.412. The molecule has 1 heterocycles. The van der Waals surface area contributed by atoms with E-state index in [9.17, 15) is 23.9 Å². The smallest absolute Gasteiger partial charge is 0.306 e. The van der Waals surface area contributed by atoms with Gasteiger partial charge in [0, 0.05) is 0 Å². The number of hydrogen-bond acceptors (Lipinski definition) is 4. The second-order valence-electron chi connectivity index (χ2n) is 4.28. The number of rotatable bonds is 4. The number of halogens is 2. The number of carbonyl (C=O) groups excluding carboxylic acids is 2. The van der Waals surface area contributed by atoms with E-state index in [1.54, 1.807) is 0 Å². The Hall–Kier alpha value is -1.99. The molecule has 8 heteroatoms. The van der Waals surface area contributed by atoms with Gasteiger partial charge in [-0.1, -0.05) is 11.6 Å². The van der Waals surface area contributed by atoms with Gasteiger partial charge in [-0.3, -0.25) is 14.4 Å². The Morgan fingerprint density at radius 1 is 1.40 bits per heavy atom. The highest BCUT2D eigenvalue weighted by atomic mass is 35.5. The zero-order chi connectivity index (χ0) is 15.0. The molecule has 2 rings (SSSR count). The van der Waals surface area contributed by atoms with Crippen LogP contribution in [-0.4, -0.2) is 40.5 Å². The molecule has 1 atom stereocenters. The second-order valence-corrected chi connectivity index (χ2v) is 4.69. The van der Waals surface area contributed by atoms with E-state index in [1.165, 1.54) is 0 Å². The number of aliphatic hydroxyl groups excluding tert-OH is 1. The van der Waals surface area contributed by atoms with Gasteiger partial charge >= 0.3 is 5.97 Å². The predicted octanol–water partition coefficient (Wildman–Crippen LogP) is 0.844. The maximum Gasteiger partial charge on any atom is 0.306 e. The third kappa shape index (κ3) is 2.50. The van der Waals surface area contributed by atoms with Gasteiger partial charge in [0.25, 0.3) is 11.7 Å². The molecule has 1 aliphatic heterocycles. The summed E-state index contributed by atoms with van der Waals surface area (Å²) in [4.78, 5) is 34.8. The summed E-state index contributed by atoms with van der Waals surface area (Å²) in [6.07, 6.45) is -1.96. The first-order chi connectivity index (χ1) is 9.31. The molecule has 1 aromatic carbocycles. The molecular formula is C12H9ClFNO5. The Morgan fingerprint density at radius 3 is 2.65 bits per heavy atom. The summed E-state index contributed by atoms with van der Waals surface area (Å²) < 4.78 is 13.4. The Kier molecular flexibility index (Phi) is 3.74. The maximum atomic E-state index is 13.4. The quantitative estimate of drug-likeness (QED) is 0.804. The molecule has 1 aliphatic rings. The van der Waals surface area contributed by atoms with Crippen molar-refractivity contribution in [1.82, 2.24) is 0 Å². The Morgan fingerprint density at radius 2 is 2.05 bits per heavy atom. The summed E-state index contributed by atoms with van der Waals surface area (Å²) in [5.74, 6) is -3.89. The number of ketones is 1. The van der Waals surface area contributed by atoms with Crippen LogP contribution in [0, 0.1) is 5.82 Å². The van der Waals surface area contributed by atoms with Gasteiger partial charge in [0.15, 0.2) is 0 Å². The monoisotopic (exact) mass is 301 g/mol. The van der Waals surface area contributed by atoms with Gasteiger partial charge in [0.05, 0.1) is 35.3 Å². The van der Waals surface area contributed by atoms with Gasteiger partial charge in [0.1, 0.15) is 5.82 Å². The zero-order valence-electron chi connectivity index (χ0n) is 9.97. The van der Waals surface area contributed by atoms with E-state index in [0.29, 0.717) is 0 Å². The Bertz CT molecular complexity index is 618. The standard InChI is InChI=1S/C12H9ClFNO5/c13-7-2-6-9(3-8(7)14)15(12(20)11(6)19)4-5(16)1-10(17)18/h2-3,5,16H,1,4H2,(H,17,18). The van der Waals surface area contributed by atoms with E-state index in [0.717, 1.165) is 17.0 Å². The number of anilines is 1. The highest BCUT2D eigenvalue weighted by molar-refractivity contribution is 6.52. The fourth-order valence-electron chi connectivity index (χ4n) is 1.95. The molecule has 1 aromatic rings. The van der Waals surface area contributed by atoms with Crippen molar-refractivity contribution < 1.29 is 29.0 Å². The molecule has 0 spiro atoms. The number of amides is 1. The number of carbonyl (C=O) groups is 3. The summed E-state index contributed by atoms with van der Waals surface area (Å²) >= 11 is 5.54. The van der Waals surface area contributed by atoms with Crippen LogP contribution in [0.25, 0.3) is 0 Å². The Balaban J connectivity index is 2.33. The number of carboxylic acids is 1. The van der Waals surface area contributed by atoms with Crippen LogP contribution >= 0.6 is 11.6 Å². The van der Waals surface area contributed by atoms with Gasteiger partial charge in [-0.25, -0.2) is 4.39 Å². The van der Waals surface area contributed by atoms with Crippen molar-refractivity contribution in [1.29, 1.82) is 0 Å². The molecule has 1 unspecified atom stereocenters. The van der Waals surface area contributed by atoms with E-state index in [1.807, 2.05) is 0 Å². The first-order valence-electron chi connectivity index (χ1n) is 5.56. The van der Waals surface area contributed by atoms with Crippen molar-refractivity contribution in [2.75, 3.05) is 11.4 Å². The molecule has 2 N–H and O–H groups in total. The van der Waals surface area contributed by atoms with Crippen molar-refractivity contribution in [3.05, 3.63) is 28.5 Å². The molecule has 6 nitrogen and oxygen atoms in total. The predicted molar refractivity (Wildman–Crippen MR) is 66.4 cm³/mol. The lowest BCUT2D eigenvalue weighted by Crippen LogP contribution is -2.37. The van der Waals surface area contributed by atoms with Gasteiger partial charge in [-0.15, -0.1) is 0 Å².